The fourth-order valence-electron chi connectivity index (χ4n) is 10.0. The lowest BCUT2D eigenvalue weighted by atomic mass is 10.1. The third-order valence-electron chi connectivity index (χ3n) is 16.5. The smallest absolute Gasteiger partial charge is 0.338 e. The number of amides is 1. The molecular formula is C55H71N9O14P2S2Si2. The van der Waals surface area contributed by atoms with Crippen molar-refractivity contribution >= 4 is 93.6 Å². The van der Waals surface area contributed by atoms with Crippen molar-refractivity contribution < 1.29 is 60.2 Å². The van der Waals surface area contributed by atoms with Crippen LogP contribution in [0.4, 0.5) is 5.82 Å². The van der Waals surface area contributed by atoms with Gasteiger partial charge in [0.15, 0.2) is 40.3 Å². The molecule has 450 valence electrons. The average Bonchev–Trinajstić information content (AvgIpc) is 1.71. The monoisotopic (exact) mass is 1260 g/mol. The van der Waals surface area contributed by atoms with E-state index in [9.17, 15) is 19.3 Å². The number of ether oxygens (including phenoxy) is 3. The van der Waals surface area contributed by atoms with Gasteiger partial charge in [0.25, 0.3) is 11.5 Å². The summed E-state index contributed by atoms with van der Waals surface area (Å²) in [5, 5.41) is -0.0207. The van der Waals surface area contributed by atoms with E-state index >= 15 is 0 Å². The number of anilines is 1. The standard InChI is InChI=1S/C55H71N9O14P2S2Si2/c1-54(2,3)83(8,9)77-43-39-30-71-79(68,81)75-42-38(73-52(45(42)78-84(10,11)55(4,5)6)63-29-37-23-18-25-62(46-40(37)47(63)58-32-57-46)49(65)35-19-14-12-15-20-35)31-72-80(82,70-27-24-56-7)76-44(43)51(74-39)64-34-59-41-48(64)60-33-61(50(41)66)26-28-69-53(67)36-21-16-13-17-22-36/h12-17,19-22,29,32-34,38-39,42-45,51-52H,18,23-28,30-31H2,1-6,8-11H3,(H,68,81)/t38-,39-,42-,43-,44-,45-,51-,52-,79?,80?/m1/s1. The Morgan fingerprint density at radius 1 is 0.786 bits per heavy atom. The zero-order valence-electron chi connectivity index (χ0n) is 48.6. The van der Waals surface area contributed by atoms with Gasteiger partial charge in [-0.25, -0.2) is 31.3 Å². The van der Waals surface area contributed by atoms with E-state index in [1.165, 1.54) is 28.1 Å². The zero-order valence-corrected chi connectivity index (χ0v) is 54.0. The van der Waals surface area contributed by atoms with E-state index in [1.54, 1.807) is 47.4 Å². The van der Waals surface area contributed by atoms with Gasteiger partial charge in [-0.05, 0) is 103 Å². The van der Waals surface area contributed by atoms with Gasteiger partial charge in [0.05, 0.1) is 37.0 Å². The topological polar surface area (TPSA) is 238 Å². The fraction of sp³-hybridized carbons (Fsp3) is 0.527. The maximum atomic E-state index is 14.2. The molecule has 8 heterocycles. The third kappa shape index (κ3) is 12.8. The number of esters is 1. The lowest BCUT2D eigenvalue weighted by Crippen LogP contribution is -2.50. The van der Waals surface area contributed by atoms with Crippen molar-refractivity contribution in [1.82, 2.24) is 33.6 Å². The number of benzene rings is 2. The number of nitrogens with zero attached hydrogens (tertiary/aromatic N) is 9. The van der Waals surface area contributed by atoms with Crippen LogP contribution in [-0.4, -0.2) is 143 Å². The molecule has 0 spiro atoms. The maximum absolute atomic E-state index is 14.2. The lowest BCUT2D eigenvalue weighted by Gasteiger charge is -2.41. The van der Waals surface area contributed by atoms with Gasteiger partial charge in [0.1, 0.15) is 74.0 Å². The number of rotatable bonds is 14. The Hall–Kier alpha value is -4.83. The van der Waals surface area contributed by atoms with E-state index in [4.69, 9.17) is 85.8 Å². The molecule has 2 unspecified atom stereocenters. The van der Waals surface area contributed by atoms with Crippen LogP contribution in [0.5, 0.6) is 0 Å². The highest BCUT2D eigenvalue weighted by Gasteiger charge is 2.57. The lowest BCUT2D eigenvalue weighted by molar-refractivity contribution is -0.0618. The Bertz CT molecular complexity index is 3620. The number of carbonyl (C=O) groups excluding carboxylic acids is 2. The van der Waals surface area contributed by atoms with Crippen LogP contribution in [0.15, 0.2) is 90.6 Å². The van der Waals surface area contributed by atoms with Gasteiger partial charge >= 0.3 is 19.4 Å². The second-order valence-corrected chi connectivity index (χ2v) is 39.4. The van der Waals surface area contributed by atoms with E-state index in [-0.39, 0.29) is 66.7 Å². The largest absolute Gasteiger partial charge is 0.460 e. The molecule has 0 aliphatic carbocycles. The molecule has 6 aromatic rings. The molecular weight excluding hydrogens is 1190 g/mol. The molecule has 10 atom stereocenters. The summed E-state index contributed by atoms with van der Waals surface area (Å²) in [5.41, 5.74) is 1.82. The molecule has 2 bridgehead atoms. The second-order valence-electron chi connectivity index (χ2n) is 24.1. The highest BCUT2D eigenvalue weighted by atomic mass is 32.5. The summed E-state index contributed by atoms with van der Waals surface area (Å²) in [6.45, 7) is 19.4. The molecule has 2 aromatic carbocycles. The van der Waals surface area contributed by atoms with Gasteiger partial charge in [-0.1, -0.05) is 77.9 Å². The van der Waals surface area contributed by atoms with Crippen molar-refractivity contribution in [3.8, 4) is 0 Å². The molecule has 1 amide bonds. The summed E-state index contributed by atoms with van der Waals surface area (Å²) in [4.78, 5) is 77.4. The molecule has 10 rings (SSSR count). The van der Waals surface area contributed by atoms with Crippen LogP contribution < -0.4 is 10.5 Å². The number of hydrogen-bond acceptors (Lipinski definition) is 19. The number of fused-ring (bicyclic) bond motifs is 4. The summed E-state index contributed by atoms with van der Waals surface area (Å²) in [6.07, 6.45) is -1.51. The first-order valence-corrected chi connectivity index (χ1v) is 38.7. The van der Waals surface area contributed by atoms with Gasteiger partial charge < -0.3 is 50.9 Å². The SMILES string of the molecule is [C-]#[N+]CCOP1(=S)OC[C@H]2O[C@@H](n3cc4c5c(ncnc53)N(C(=O)c3ccccc3)CCC4)[C@H](O[Si](C)(C)C(C)(C)C)[C@@H]2OP(O)(=S)OC[C@H]2O[C@@H](n3cnc4c(=O)n(CCOC(=O)c5ccccc5)cnc43)[C@H](O1)[C@@H]2O[Si](C)(C)C(C)(C)C. The number of imidazole rings is 1. The molecule has 0 radical (unpaired) electrons. The quantitative estimate of drug-likeness (QED) is 0.0351. The third-order valence-corrected chi connectivity index (χ3v) is 29.4. The van der Waals surface area contributed by atoms with Crippen LogP contribution in [0, 0.1) is 6.57 Å². The minimum Gasteiger partial charge on any atom is -0.460 e. The molecule has 4 aromatic heterocycles. The zero-order chi connectivity index (χ0) is 60.1. The van der Waals surface area contributed by atoms with Gasteiger partial charge in [0, 0.05) is 18.3 Å². The van der Waals surface area contributed by atoms with Crippen LogP contribution in [-0.2, 0) is 82.3 Å². The van der Waals surface area contributed by atoms with Crippen molar-refractivity contribution in [1.29, 1.82) is 0 Å². The number of hydrogen-bond donors (Lipinski definition) is 1. The average molecular weight is 1260 g/mol. The Kier molecular flexibility index (Phi) is 18.1. The normalized spacial score (nSPS) is 27.1. The Labute approximate surface area is 499 Å². The Morgan fingerprint density at radius 2 is 1.44 bits per heavy atom. The molecule has 4 aliphatic rings. The van der Waals surface area contributed by atoms with Crippen LogP contribution >= 0.6 is 13.4 Å². The highest BCUT2D eigenvalue weighted by molar-refractivity contribution is 8.07. The van der Waals surface area contributed by atoms with Gasteiger partial charge in [-0.3, -0.25) is 32.7 Å². The number of aryl methyl sites for hydroxylation is 1. The molecule has 29 heteroatoms. The van der Waals surface area contributed by atoms with Crippen molar-refractivity contribution in [2.75, 3.05) is 44.4 Å². The Balaban J connectivity index is 1.03. The van der Waals surface area contributed by atoms with Crippen LogP contribution in [0.2, 0.25) is 36.3 Å². The van der Waals surface area contributed by atoms with E-state index in [1.807, 2.05) is 29.0 Å². The molecule has 23 nitrogen and oxygen atoms in total. The van der Waals surface area contributed by atoms with Crippen molar-refractivity contribution in [2.45, 2.75) is 146 Å². The van der Waals surface area contributed by atoms with Crippen LogP contribution in [0.3, 0.4) is 0 Å². The van der Waals surface area contributed by atoms with E-state index < -0.39 is 90.7 Å². The van der Waals surface area contributed by atoms with E-state index in [0.29, 0.717) is 47.4 Å². The summed E-state index contributed by atoms with van der Waals surface area (Å²) in [7, 11) is -5.59. The predicted molar refractivity (Wildman–Crippen MR) is 324 cm³/mol. The molecule has 3 fully saturated rings. The van der Waals surface area contributed by atoms with Crippen molar-refractivity contribution in [2.24, 2.45) is 0 Å². The van der Waals surface area contributed by atoms with Gasteiger partial charge in [-0.2, -0.15) is 0 Å². The summed E-state index contributed by atoms with van der Waals surface area (Å²) in [6, 6.07) is 17.6. The van der Waals surface area contributed by atoms with E-state index in [0.717, 1.165) is 5.56 Å². The summed E-state index contributed by atoms with van der Waals surface area (Å²) < 4.78 is 72.2. The summed E-state index contributed by atoms with van der Waals surface area (Å²) in [5.74, 6) is -0.281. The Morgan fingerprint density at radius 3 is 2.12 bits per heavy atom. The first-order valence-electron chi connectivity index (χ1n) is 27.8. The second kappa shape index (κ2) is 24.4. The number of aromatic nitrogens is 7. The highest BCUT2D eigenvalue weighted by Crippen LogP contribution is 2.58. The minimum absolute atomic E-state index is 0.0119. The molecule has 3 saturated heterocycles. The van der Waals surface area contributed by atoms with E-state index in [2.05, 4.69) is 82.5 Å². The maximum Gasteiger partial charge on any atom is 0.338 e. The summed E-state index contributed by atoms with van der Waals surface area (Å²) >= 11 is 12.4. The molecule has 0 saturated carbocycles. The molecule has 1 N–H and O–H groups in total. The molecule has 84 heavy (non-hydrogen) atoms. The fourth-order valence-corrected chi connectivity index (χ4v) is 16.1. The minimum atomic E-state index is -4.34. The first kappa shape index (κ1) is 62.2. The van der Waals surface area contributed by atoms with Crippen LogP contribution in [0.1, 0.15) is 86.7 Å². The van der Waals surface area contributed by atoms with Crippen LogP contribution in [0.25, 0.3) is 27.0 Å². The van der Waals surface area contributed by atoms with Gasteiger partial charge in [0.2, 0.25) is 6.54 Å². The van der Waals surface area contributed by atoms with Crippen molar-refractivity contribution in [3.63, 3.8) is 0 Å². The predicted octanol–water partition coefficient (Wildman–Crippen LogP) is 9.26. The molecule has 4 aliphatic heterocycles. The number of carbonyl (C=O) groups is 2. The first-order chi connectivity index (χ1) is 39.7. The van der Waals surface area contributed by atoms with Crippen molar-refractivity contribution in [3.05, 3.63) is 124 Å². The van der Waals surface area contributed by atoms with Gasteiger partial charge in [-0.15, -0.1) is 0 Å².